The number of nitrogens with zero attached hydrogens (tertiary/aromatic N) is 1. The van der Waals surface area contributed by atoms with Crippen LogP contribution in [0.2, 0.25) is 0 Å². The normalized spacial score (nSPS) is 10.7. The van der Waals surface area contributed by atoms with Crippen LogP contribution in [0.25, 0.3) is 10.1 Å². The van der Waals surface area contributed by atoms with Crippen LogP contribution in [0.3, 0.4) is 0 Å². The van der Waals surface area contributed by atoms with E-state index in [1.54, 1.807) is 12.1 Å². The number of nitro groups is 1. The van der Waals surface area contributed by atoms with Gasteiger partial charge in [0.05, 0.1) is 4.92 Å². The number of thiol groups is 1. The van der Waals surface area contributed by atoms with E-state index in [9.17, 15) is 10.1 Å². The zero-order chi connectivity index (χ0) is 10.3. The zero-order valence-electron chi connectivity index (χ0n) is 7.35. The molecule has 0 aliphatic rings. The molecule has 1 aromatic carbocycles. The lowest BCUT2D eigenvalue weighted by Crippen LogP contribution is -1.88. The number of benzene rings is 1. The fourth-order valence-corrected chi connectivity index (χ4v) is 2.91. The van der Waals surface area contributed by atoms with Crippen LogP contribution < -0.4 is 0 Å². The fraction of sp³-hybridized carbons (Fsp3) is 0.111. The van der Waals surface area contributed by atoms with E-state index < -0.39 is 0 Å². The van der Waals surface area contributed by atoms with Crippen molar-refractivity contribution >= 4 is 39.7 Å². The van der Waals surface area contributed by atoms with Crippen LogP contribution in [0, 0.1) is 17.0 Å². The second-order valence-corrected chi connectivity index (χ2v) is 4.41. The number of non-ortho nitro benzene ring substituents is 1. The standard InChI is InChI=1S/C9H7NO2S2/c1-5-2-6(10(11)12)3-8-9(5)7(13)4-14-8/h2-4,13H,1H3. The molecular weight excluding hydrogens is 218 g/mol. The predicted molar refractivity (Wildman–Crippen MR) is 60.5 cm³/mol. The summed E-state index contributed by atoms with van der Waals surface area (Å²) in [7, 11) is 0. The Morgan fingerprint density at radius 2 is 2.21 bits per heavy atom. The van der Waals surface area contributed by atoms with Crippen molar-refractivity contribution in [3.8, 4) is 0 Å². The summed E-state index contributed by atoms with van der Waals surface area (Å²) < 4.78 is 0.918. The van der Waals surface area contributed by atoms with E-state index in [4.69, 9.17) is 0 Å². The third-order valence-electron chi connectivity index (χ3n) is 2.05. The van der Waals surface area contributed by atoms with Crippen molar-refractivity contribution < 1.29 is 4.92 Å². The monoisotopic (exact) mass is 225 g/mol. The second kappa shape index (κ2) is 3.25. The van der Waals surface area contributed by atoms with Crippen LogP contribution in [0.4, 0.5) is 5.69 Å². The van der Waals surface area contributed by atoms with E-state index in [-0.39, 0.29) is 10.6 Å². The number of nitro benzene ring substituents is 1. The van der Waals surface area contributed by atoms with Crippen molar-refractivity contribution in [3.05, 3.63) is 33.2 Å². The number of fused-ring (bicyclic) bond motifs is 1. The molecule has 0 radical (unpaired) electrons. The zero-order valence-corrected chi connectivity index (χ0v) is 9.06. The van der Waals surface area contributed by atoms with Crippen LogP contribution in [-0.4, -0.2) is 4.92 Å². The molecule has 3 nitrogen and oxygen atoms in total. The minimum Gasteiger partial charge on any atom is -0.258 e. The smallest absolute Gasteiger partial charge is 0.258 e. The van der Waals surface area contributed by atoms with Gasteiger partial charge >= 0.3 is 0 Å². The number of aryl methyl sites for hydroxylation is 1. The van der Waals surface area contributed by atoms with Crippen LogP contribution in [-0.2, 0) is 0 Å². The maximum atomic E-state index is 10.6. The molecule has 1 heterocycles. The highest BCUT2D eigenvalue weighted by Crippen LogP contribution is 2.34. The molecule has 14 heavy (non-hydrogen) atoms. The van der Waals surface area contributed by atoms with Gasteiger partial charge in [0, 0.05) is 32.5 Å². The average Bonchev–Trinajstić information content (AvgIpc) is 2.48. The molecule has 1 aromatic heterocycles. The molecule has 2 aromatic rings. The summed E-state index contributed by atoms with van der Waals surface area (Å²) in [6.45, 7) is 1.86. The van der Waals surface area contributed by atoms with E-state index in [2.05, 4.69) is 12.6 Å². The van der Waals surface area contributed by atoms with Gasteiger partial charge in [0.15, 0.2) is 0 Å². The highest BCUT2D eigenvalue weighted by molar-refractivity contribution is 7.80. The van der Waals surface area contributed by atoms with Crippen molar-refractivity contribution in [2.24, 2.45) is 0 Å². The molecule has 0 spiro atoms. The lowest BCUT2D eigenvalue weighted by atomic mass is 10.1. The molecule has 0 saturated heterocycles. The molecule has 0 N–H and O–H groups in total. The molecule has 0 aliphatic carbocycles. The van der Waals surface area contributed by atoms with Gasteiger partial charge in [-0.1, -0.05) is 0 Å². The summed E-state index contributed by atoms with van der Waals surface area (Å²) in [6, 6.07) is 3.17. The third-order valence-corrected chi connectivity index (χ3v) is 3.51. The Kier molecular flexibility index (Phi) is 2.20. The van der Waals surface area contributed by atoms with Crippen LogP contribution in [0.5, 0.6) is 0 Å². The summed E-state index contributed by atoms with van der Waals surface area (Å²) in [4.78, 5) is 11.1. The second-order valence-electron chi connectivity index (χ2n) is 3.01. The first kappa shape index (κ1) is 9.48. The van der Waals surface area contributed by atoms with Gasteiger partial charge in [0.25, 0.3) is 5.69 Å². The predicted octanol–water partition coefficient (Wildman–Crippen LogP) is 3.41. The average molecular weight is 225 g/mol. The topological polar surface area (TPSA) is 43.1 Å². The molecule has 5 heteroatoms. The van der Waals surface area contributed by atoms with E-state index >= 15 is 0 Å². The first-order valence-corrected chi connectivity index (χ1v) is 5.27. The van der Waals surface area contributed by atoms with E-state index in [0.717, 1.165) is 20.5 Å². The van der Waals surface area contributed by atoms with Gasteiger partial charge in [0.1, 0.15) is 0 Å². The van der Waals surface area contributed by atoms with Gasteiger partial charge < -0.3 is 0 Å². The fourth-order valence-electron chi connectivity index (χ4n) is 1.44. The Hall–Kier alpha value is -1.07. The summed E-state index contributed by atoms with van der Waals surface area (Å²) in [5, 5.41) is 13.5. The highest BCUT2D eigenvalue weighted by Gasteiger charge is 2.11. The van der Waals surface area contributed by atoms with Gasteiger partial charge in [0.2, 0.25) is 0 Å². The maximum absolute atomic E-state index is 10.6. The molecule has 2 rings (SSSR count). The lowest BCUT2D eigenvalue weighted by molar-refractivity contribution is -0.384. The first-order chi connectivity index (χ1) is 6.59. The molecule has 0 saturated carbocycles. The summed E-state index contributed by atoms with van der Waals surface area (Å²) >= 11 is 5.78. The van der Waals surface area contributed by atoms with E-state index in [0.29, 0.717) is 0 Å². The number of hydrogen-bond acceptors (Lipinski definition) is 4. The highest BCUT2D eigenvalue weighted by atomic mass is 32.1. The van der Waals surface area contributed by atoms with E-state index in [1.807, 2.05) is 12.3 Å². The van der Waals surface area contributed by atoms with Crippen LogP contribution in [0.15, 0.2) is 22.4 Å². The van der Waals surface area contributed by atoms with E-state index in [1.165, 1.54) is 11.3 Å². The van der Waals surface area contributed by atoms with Crippen molar-refractivity contribution in [2.75, 3.05) is 0 Å². The number of thiophene rings is 1. The van der Waals surface area contributed by atoms with Gasteiger partial charge in [-0.25, -0.2) is 0 Å². The van der Waals surface area contributed by atoms with Gasteiger partial charge in [-0.3, -0.25) is 10.1 Å². The number of hydrogen-bond donors (Lipinski definition) is 1. The molecule has 0 aliphatic heterocycles. The molecule has 0 unspecified atom stereocenters. The van der Waals surface area contributed by atoms with Crippen molar-refractivity contribution in [1.29, 1.82) is 0 Å². The Morgan fingerprint density at radius 1 is 1.50 bits per heavy atom. The minimum atomic E-state index is -0.371. The maximum Gasteiger partial charge on any atom is 0.271 e. The Balaban J connectivity index is 2.80. The van der Waals surface area contributed by atoms with Crippen molar-refractivity contribution in [3.63, 3.8) is 0 Å². The van der Waals surface area contributed by atoms with Crippen LogP contribution in [0.1, 0.15) is 5.56 Å². The first-order valence-electron chi connectivity index (χ1n) is 3.95. The van der Waals surface area contributed by atoms with Gasteiger partial charge in [-0.2, -0.15) is 0 Å². The molecular formula is C9H7NO2S2. The van der Waals surface area contributed by atoms with Crippen molar-refractivity contribution in [1.82, 2.24) is 0 Å². The molecule has 0 atom stereocenters. The summed E-state index contributed by atoms with van der Waals surface area (Å²) in [5.74, 6) is 0. The van der Waals surface area contributed by atoms with Crippen molar-refractivity contribution in [2.45, 2.75) is 11.8 Å². The lowest BCUT2D eigenvalue weighted by Gasteiger charge is -1.97. The Bertz CT molecular complexity index is 519. The molecule has 0 bridgehead atoms. The Labute approximate surface area is 89.9 Å². The number of rotatable bonds is 1. The molecule has 0 amide bonds. The molecule has 0 fully saturated rings. The van der Waals surface area contributed by atoms with Gasteiger partial charge in [-0.15, -0.1) is 24.0 Å². The summed E-state index contributed by atoms with van der Waals surface area (Å²) in [6.07, 6.45) is 0. The Morgan fingerprint density at radius 3 is 2.86 bits per heavy atom. The van der Waals surface area contributed by atoms with Crippen LogP contribution >= 0.6 is 24.0 Å². The van der Waals surface area contributed by atoms with Gasteiger partial charge in [-0.05, 0) is 12.5 Å². The minimum absolute atomic E-state index is 0.144. The largest absolute Gasteiger partial charge is 0.271 e. The quantitative estimate of drug-likeness (QED) is 0.459. The summed E-state index contributed by atoms with van der Waals surface area (Å²) in [5.41, 5.74) is 1.05. The molecule has 72 valence electrons. The third kappa shape index (κ3) is 1.38. The SMILES string of the molecule is Cc1cc([N+](=O)[O-])cc2scc(S)c12.